The number of pyridine rings is 1. The van der Waals surface area contributed by atoms with Crippen molar-refractivity contribution in [2.24, 2.45) is 5.92 Å². The zero-order valence-corrected chi connectivity index (χ0v) is 15.9. The molecule has 4 nitrogen and oxygen atoms in total. The first-order chi connectivity index (χ1) is 11.4. The van der Waals surface area contributed by atoms with Gasteiger partial charge in [0.05, 0.1) is 0 Å². The summed E-state index contributed by atoms with van der Waals surface area (Å²) >= 11 is 16.8. The minimum absolute atomic E-state index is 0.217. The molecule has 1 aliphatic rings. The molecule has 0 unspecified atom stereocenters. The van der Waals surface area contributed by atoms with Crippen LogP contribution in [0.3, 0.4) is 0 Å². The molecule has 0 aliphatic carbocycles. The minimum Gasteiger partial charge on any atom is -0.445 e. The van der Waals surface area contributed by atoms with Crippen molar-refractivity contribution in [3.8, 4) is 0 Å². The van der Waals surface area contributed by atoms with Crippen LogP contribution in [-0.4, -0.2) is 39.5 Å². The van der Waals surface area contributed by atoms with E-state index in [-0.39, 0.29) is 6.61 Å². The number of hydrogen-bond acceptors (Lipinski definition) is 3. The van der Waals surface area contributed by atoms with Crippen LogP contribution in [0.1, 0.15) is 37.7 Å². The lowest BCUT2D eigenvalue weighted by Crippen LogP contribution is -2.39. The van der Waals surface area contributed by atoms with Gasteiger partial charge in [-0.1, -0.05) is 47.6 Å². The fourth-order valence-corrected chi connectivity index (χ4v) is 3.11. The van der Waals surface area contributed by atoms with Crippen LogP contribution in [-0.2, 0) is 11.2 Å². The van der Waals surface area contributed by atoms with Gasteiger partial charge < -0.3 is 9.64 Å². The summed E-state index contributed by atoms with van der Waals surface area (Å²) < 4.78 is 3.46. The second-order valence-electron chi connectivity index (χ2n) is 6.20. The number of nitrogens with zero attached hydrogens (tertiary/aromatic N) is 2. The first kappa shape index (κ1) is 19.6. The Morgan fingerprint density at radius 2 is 1.88 bits per heavy atom. The average Bonchev–Trinajstić information content (AvgIpc) is 2.57. The number of unbranched alkanes of at least 4 members (excludes halogenated alkanes) is 1. The van der Waals surface area contributed by atoms with Crippen LogP contribution in [0.4, 0.5) is 4.79 Å². The monoisotopic (exact) mass is 392 g/mol. The van der Waals surface area contributed by atoms with Crippen molar-refractivity contribution in [3.63, 3.8) is 0 Å². The fourth-order valence-electron chi connectivity index (χ4n) is 2.95. The molecule has 134 valence electrons. The van der Waals surface area contributed by atoms with Crippen LogP contribution in [0.25, 0.3) is 0 Å². The van der Waals surface area contributed by atoms with E-state index in [1.165, 1.54) is 24.8 Å². The highest BCUT2D eigenvalue weighted by Gasteiger charge is 2.27. The van der Waals surface area contributed by atoms with E-state index < -0.39 is 9.89 Å². The van der Waals surface area contributed by atoms with Crippen LogP contribution in [0.15, 0.2) is 24.5 Å². The zero-order chi connectivity index (χ0) is 17.4. The predicted octanol–water partition coefficient (Wildman–Crippen LogP) is 5.01. The fraction of sp³-hybridized carbons (Fsp3) is 0.647. The molecule has 7 heteroatoms. The van der Waals surface area contributed by atoms with Crippen molar-refractivity contribution in [1.29, 1.82) is 0 Å². The molecule has 1 aromatic rings. The van der Waals surface area contributed by atoms with Gasteiger partial charge in [0.25, 0.3) is 0 Å². The first-order valence-corrected chi connectivity index (χ1v) is 9.45. The van der Waals surface area contributed by atoms with Crippen molar-refractivity contribution in [1.82, 2.24) is 9.88 Å². The van der Waals surface area contributed by atoms with Gasteiger partial charge in [-0.25, -0.2) is 4.79 Å². The minimum atomic E-state index is -1.55. The van der Waals surface area contributed by atoms with Crippen LogP contribution < -0.4 is 0 Å². The maximum Gasteiger partial charge on any atom is 0.409 e. The number of piperidine rings is 1. The maximum atomic E-state index is 11.9. The lowest BCUT2D eigenvalue weighted by atomic mass is 9.91. The van der Waals surface area contributed by atoms with Gasteiger partial charge in [-0.15, -0.1) is 0 Å². The Bertz CT molecular complexity index is 500. The van der Waals surface area contributed by atoms with E-state index in [4.69, 9.17) is 39.5 Å². The van der Waals surface area contributed by atoms with Gasteiger partial charge in [0.2, 0.25) is 3.79 Å². The number of aromatic nitrogens is 1. The SMILES string of the molecule is O=C(OCC(Cl)(Cl)Cl)N1CCC(CCCCc2ccncc2)CC1. The molecule has 0 aromatic carbocycles. The van der Waals surface area contributed by atoms with Gasteiger partial charge in [-0.05, 0) is 49.3 Å². The summed E-state index contributed by atoms with van der Waals surface area (Å²) in [6.45, 7) is 1.22. The number of halogens is 3. The Morgan fingerprint density at radius 1 is 1.21 bits per heavy atom. The third kappa shape index (κ3) is 7.45. The molecule has 1 fully saturated rings. The number of amides is 1. The van der Waals surface area contributed by atoms with E-state index in [1.54, 1.807) is 4.90 Å². The third-order valence-electron chi connectivity index (χ3n) is 4.31. The third-order valence-corrected chi connectivity index (χ3v) is 4.64. The predicted molar refractivity (Wildman–Crippen MR) is 97.7 cm³/mol. The zero-order valence-electron chi connectivity index (χ0n) is 13.6. The number of aryl methyl sites for hydroxylation is 1. The Labute approximate surface area is 158 Å². The molecule has 0 radical (unpaired) electrons. The summed E-state index contributed by atoms with van der Waals surface area (Å²) in [6, 6.07) is 4.14. The normalized spacial score (nSPS) is 16.2. The van der Waals surface area contributed by atoms with Crippen molar-refractivity contribution < 1.29 is 9.53 Å². The molecule has 1 aliphatic heterocycles. The van der Waals surface area contributed by atoms with Gasteiger partial charge >= 0.3 is 6.09 Å². The molecule has 0 saturated carbocycles. The van der Waals surface area contributed by atoms with E-state index in [0.717, 1.165) is 19.3 Å². The van der Waals surface area contributed by atoms with Crippen molar-refractivity contribution in [3.05, 3.63) is 30.1 Å². The molecule has 24 heavy (non-hydrogen) atoms. The molecule has 1 saturated heterocycles. The smallest absolute Gasteiger partial charge is 0.409 e. The molecular formula is C17H23Cl3N2O2. The van der Waals surface area contributed by atoms with Gasteiger partial charge in [-0.2, -0.15) is 0 Å². The van der Waals surface area contributed by atoms with Crippen molar-refractivity contribution in [2.75, 3.05) is 19.7 Å². The number of carbonyl (C=O) groups is 1. The van der Waals surface area contributed by atoms with Gasteiger partial charge in [0.1, 0.15) is 6.61 Å². The molecule has 0 atom stereocenters. The van der Waals surface area contributed by atoms with Crippen LogP contribution >= 0.6 is 34.8 Å². The van der Waals surface area contributed by atoms with E-state index in [9.17, 15) is 4.79 Å². The molecular weight excluding hydrogens is 371 g/mol. The number of likely N-dealkylation sites (tertiary alicyclic amines) is 1. The van der Waals surface area contributed by atoms with Gasteiger partial charge in [0, 0.05) is 25.5 Å². The number of alkyl halides is 3. The topological polar surface area (TPSA) is 42.4 Å². The van der Waals surface area contributed by atoms with Crippen LogP contribution in [0.2, 0.25) is 0 Å². The second-order valence-corrected chi connectivity index (χ2v) is 8.72. The first-order valence-electron chi connectivity index (χ1n) is 8.31. The molecule has 2 rings (SSSR count). The maximum absolute atomic E-state index is 11.9. The summed E-state index contributed by atoms with van der Waals surface area (Å²) in [4.78, 5) is 17.6. The lowest BCUT2D eigenvalue weighted by molar-refractivity contribution is 0.0880. The Balaban J connectivity index is 1.58. The summed E-state index contributed by atoms with van der Waals surface area (Å²) in [7, 11) is 0. The van der Waals surface area contributed by atoms with E-state index in [0.29, 0.717) is 19.0 Å². The largest absolute Gasteiger partial charge is 0.445 e. The molecule has 1 aromatic heterocycles. The Morgan fingerprint density at radius 3 is 2.50 bits per heavy atom. The summed E-state index contributed by atoms with van der Waals surface area (Å²) in [5.41, 5.74) is 1.34. The highest BCUT2D eigenvalue weighted by atomic mass is 35.6. The van der Waals surface area contributed by atoms with E-state index in [1.807, 2.05) is 12.4 Å². The molecule has 0 N–H and O–H groups in total. The highest BCUT2D eigenvalue weighted by Crippen LogP contribution is 2.27. The summed E-state index contributed by atoms with van der Waals surface area (Å²) in [5.74, 6) is 0.680. The second kappa shape index (κ2) is 9.69. The Hall–Kier alpha value is -0.710. The number of ether oxygens (including phenoxy) is 1. The van der Waals surface area contributed by atoms with Gasteiger partial charge in [0.15, 0.2) is 0 Å². The quantitative estimate of drug-likeness (QED) is 0.504. The lowest BCUT2D eigenvalue weighted by Gasteiger charge is -2.31. The molecule has 0 bridgehead atoms. The summed E-state index contributed by atoms with van der Waals surface area (Å²) in [5, 5.41) is 0. The Kier molecular flexibility index (Phi) is 7.92. The standard InChI is InChI=1S/C17H23Cl3N2O2/c18-17(19,20)13-24-16(23)22-11-7-15(8-12-22)4-2-1-3-14-5-9-21-10-6-14/h5-6,9-10,15H,1-4,7-8,11-13H2. The molecule has 1 amide bonds. The van der Waals surface area contributed by atoms with Gasteiger partial charge in [-0.3, -0.25) is 4.98 Å². The molecule has 2 heterocycles. The number of hydrogen-bond donors (Lipinski definition) is 0. The van der Waals surface area contributed by atoms with E-state index >= 15 is 0 Å². The van der Waals surface area contributed by atoms with Crippen LogP contribution in [0.5, 0.6) is 0 Å². The van der Waals surface area contributed by atoms with Crippen molar-refractivity contribution >= 4 is 40.9 Å². The molecule has 0 spiro atoms. The summed E-state index contributed by atoms with van der Waals surface area (Å²) in [6.07, 6.45) is 10.0. The number of rotatable bonds is 6. The number of carbonyl (C=O) groups excluding carboxylic acids is 1. The van der Waals surface area contributed by atoms with Crippen LogP contribution in [0, 0.1) is 5.92 Å². The van der Waals surface area contributed by atoms with Crippen molar-refractivity contribution in [2.45, 2.75) is 42.3 Å². The highest BCUT2D eigenvalue weighted by molar-refractivity contribution is 6.67. The average molecular weight is 394 g/mol. The van der Waals surface area contributed by atoms with E-state index in [2.05, 4.69) is 17.1 Å².